The van der Waals surface area contributed by atoms with Gasteiger partial charge in [-0.1, -0.05) is 46.8 Å². The van der Waals surface area contributed by atoms with Crippen molar-refractivity contribution >= 4 is 11.8 Å². The molecule has 0 spiro atoms. The second-order valence-electron chi connectivity index (χ2n) is 5.00. The molecule has 78 valence electrons. The molecule has 0 saturated heterocycles. The average molecular weight is 200 g/mol. The molecule has 0 rings (SSSR count). The van der Waals surface area contributed by atoms with Gasteiger partial charge in [0.2, 0.25) is 0 Å². The van der Waals surface area contributed by atoms with Gasteiger partial charge in [-0.3, -0.25) is 0 Å². The highest BCUT2D eigenvalue weighted by Crippen LogP contribution is 2.34. The van der Waals surface area contributed by atoms with Gasteiger partial charge in [0.1, 0.15) is 0 Å². The minimum absolute atomic E-state index is 0.256. The summed E-state index contributed by atoms with van der Waals surface area (Å²) in [5.74, 6) is 2.60. The van der Waals surface area contributed by atoms with E-state index in [1.54, 1.807) is 0 Å². The van der Waals surface area contributed by atoms with Crippen LogP contribution in [0.25, 0.3) is 0 Å². The highest BCUT2D eigenvalue weighted by molar-refractivity contribution is 7.98. The molecule has 0 nitrogen and oxygen atoms in total. The van der Waals surface area contributed by atoms with Gasteiger partial charge in [-0.25, -0.2) is 0 Å². The van der Waals surface area contributed by atoms with Crippen molar-refractivity contribution in [2.24, 2.45) is 17.3 Å². The molecule has 0 saturated carbocycles. The summed E-state index contributed by atoms with van der Waals surface area (Å²) in [5.41, 5.74) is 1.64. The molecule has 2 atom stereocenters. The third-order valence-corrected chi connectivity index (χ3v) is 3.66. The van der Waals surface area contributed by atoms with Crippen molar-refractivity contribution in [2.75, 3.05) is 12.0 Å². The predicted molar refractivity (Wildman–Crippen MR) is 65.3 cm³/mol. The summed E-state index contributed by atoms with van der Waals surface area (Å²) in [6.45, 7) is 15.6. The second-order valence-corrected chi connectivity index (χ2v) is 5.91. The van der Waals surface area contributed by atoms with Gasteiger partial charge in [-0.15, -0.1) is 0 Å². The third kappa shape index (κ3) is 4.21. The van der Waals surface area contributed by atoms with Crippen LogP contribution >= 0.6 is 11.8 Å². The topological polar surface area (TPSA) is 0 Å². The van der Waals surface area contributed by atoms with E-state index in [1.807, 2.05) is 11.8 Å². The molecule has 0 amide bonds. The van der Waals surface area contributed by atoms with Crippen LogP contribution in [0.5, 0.6) is 0 Å². The van der Waals surface area contributed by atoms with Gasteiger partial charge < -0.3 is 0 Å². The van der Waals surface area contributed by atoms with Crippen molar-refractivity contribution in [2.45, 2.75) is 34.6 Å². The van der Waals surface area contributed by atoms with Crippen LogP contribution in [0.2, 0.25) is 0 Å². The molecule has 0 bridgehead atoms. The van der Waals surface area contributed by atoms with Crippen LogP contribution in [0.1, 0.15) is 34.6 Å². The Kier molecular flexibility index (Phi) is 5.13. The predicted octanol–water partition coefficient (Wildman–Crippen LogP) is 4.22. The molecule has 0 aliphatic rings. The van der Waals surface area contributed by atoms with E-state index in [0.29, 0.717) is 5.92 Å². The Labute approximate surface area is 88.2 Å². The first kappa shape index (κ1) is 13.1. The van der Waals surface area contributed by atoms with Crippen LogP contribution in [0.15, 0.2) is 12.2 Å². The van der Waals surface area contributed by atoms with Crippen LogP contribution in [-0.4, -0.2) is 12.0 Å². The average Bonchev–Trinajstić information content (AvgIpc) is 2.00. The van der Waals surface area contributed by atoms with Gasteiger partial charge in [0.25, 0.3) is 0 Å². The maximum atomic E-state index is 4.22. The molecule has 1 heteroatoms. The standard InChI is InChI=1S/C12H24S/c1-9(8-13-7)10(2)11(3)12(4,5)6/h9-10H,3,8H2,1-2,4-7H3. The molecule has 0 radical (unpaired) electrons. The fourth-order valence-electron chi connectivity index (χ4n) is 1.43. The quantitative estimate of drug-likeness (QED) is 0.612. The summed E-state index contributed by atoms with van der Waals surface area (Å²) in [6, 6.07) is 0. The minimum atomic E-state index is 0.256. The molecule has 0 aromatic carbocycles. The van der Waals surface area contributed by atoms with Crippen LogP contribution < -0.4 is 0 Å². The molecule has 0 aromatic rings. The highest BCUT2D eigenvalue weighted by Gasteiger charge is 2.23. The fourth-order valence-corrected chi connectivity index (χ4v) is 2.25. The van der Waals surface area contributed by atoms with E-state index in [-0.39, 0.29) is 5.41 Å². The SMILES string of the molecule is C=C(C(C)C(C)CSC)C(C)(C)C. The number of hydrogen-bond donors (Lipinski definition) is 0. The van der Waals surface area contributed by atoms with E-state index in [0.717, 1.165) is 5.92 Å². The fraction of sp³-hybridized carbons (Fsp3) is 0.833. The first-order valence-electron chi connectivity index (χ1n) is 4.99. The van der Waals surface area contributed by atoms with E-state index < -0.39 is 0 Å². The van der Waals surface area contributed by atoms with E-state index in [2.05, 4.69) is 47.5 Å². The van der Waals surface area contributed by atoms with Gasteiger partial charge in [0.15, 0.2) is 0 Å². The van der Waals surface area contributed by atoms with Crippen molar-refractivity contribution in [3.8, 4) is 0 Å². The van der Waals surface area contributed by atoms with E-state index in [4.69, 9.17) is 0 Å². The van der Waals surface area contributed by atoms with Crippen LogP contribution in [0.3, 0.4) is 0 Å². The zero-order valence-electron chi connectivity index (χ0n) is 9.98. The van der Waals surface area contributed by atoms with E-state index in [1.165, 1.54) is 11.3 Å². The molecular weight excluding hydrogens is 176 g/mol. The van der Waals surface area contributed by atoms with Crippen molar-refractivity contribution in [3.05, 3.63) is 12.2 Å². The number of hydrogen-bond acceptors (Lipinski definition) is 1. The maximum absolute atomic E-state index is 4.22. The maximum Gasteiger partial charge on any atom is -0.00389 e. The minimum Gasteiger partial charge on any atom is -0.165 e. The molecular formula is C12H24S. The molecule has 0 aliphatic carbocycles. The zero-order valence-corrected chi connectivity index (χ0v) is 10.8. The van der Waals surface area contributed by atoms with Crippen molar-refractivity contribution in [1.29, 1.82) is 0 Å². The molecule has 0 N–H and O–H groups in total. The van der Waals surface area contributed by atoms with Crippen molar-refractivity contribution in [3.63, 3.8) is 0 Å². The Bertz CT molecular complexity index is 164. The molecule has 0 aromatic heterocycles. The Morgan fingerprint density at radius 3 is 2.08 bits per heavy atom. The number of thioether (sulfide) groups is 1. The third-order valence-electron chi connectivity index (χ3n) is 2.80. The van der Waals surface area contributed by atoms with Crippen molar-refractivity contribution in [1.82, 2.24) is 0 Å². The highest BCUT2D eigenvalue weighted by atomic mass is 32.2. The summed E-state index contributed by atoms with van der Waals surface area (Å²) in [7, 11) is 0. The largest absolute Gasteiger partial charge is 0.165 e. The van der Waals surface area contributed by atoms with Gasteiger partial charge in [-0.05, 0) is 29.3 Å². The Morgan fingerprint density at radius 1 is 1.31 bits per heavy atom. The normalized spacial score (nSPS) is 16.8. The Balaban J connectivity index is 4.26. The molecule has 0 heterocycles. The summed E-state index contributed by atoms with van der Waals surface area (Å²) < 4.78 is 0. The molecule has 0 aliphatic heterocycles. The van der Waals surface area contributed by atoms with Gasteiger partial charge in [0, 0.05) is 0 Å². The molecule has 13 heavy (non-hydrogen) atoms. The Morgan fingerprint density at radius 2 is 1.77 bits per heavy atom. The van der Waals surface area contributed by atoms with E-state index in [9.17, 15) is 0 Å². The lowest BCUT2D eigenvalue weighted by molar-refractivity contribution is 0.379. The van der Waals surface area contributed by atoms with Crippen LogP contribution in [0.4, 0.5) is 0 Å². The molecule has 2 unspecified atom stereocenters. The summed E-state index contributed by atoms with van der Waals surface area (Å²) in [6.07, 6.45) is 2.17. The summed E-state index contributed by atoms with van der Waals surface area (Å²) in [4.78, 5) is 0. The Hall–Kier alpha value is 0.0900. The molecule has 0 fully saturated rings. The van der Waals surface area contributed by atoms with Crippen LogP contribution in [-0.2, 0) is 0 Å². The van der Waals surface area contributed by atoms with Gasteiger partial charge in [-0.2, -0.15) is 11.8 Å². The first-order valence-corrected chi connectivity index (χ1v) is 6.38. The van der Waals surface area contributed by atoms with E-state index >= 15 is 0 Å². The van der Waals surface area contributed by atoms with Gasteiger partial charge >= 0.3 is 0 Å². The summed E-state index contributed by atoms with van der Waals surface area (Å²) in [5, 5.41) is 0. The van der Waals surface area contributed by atoms with Crippen LogP contribution in [0, 0.1) is 17.3 Å². The number of allylic oxidation sites excluding steroid dienone is 1. The lowest BCUT2D eigenvalue weighted by atomic mass is 9.76. The summed E-state index contributed by atoms with van der Waals surface area (Å²) >= 11 is 1.92. The first-order chi connectivity index (χ1) is 5.80. The zero-order chi connectivity index (χ0) is 10.6. The lowest BCUT2D eigenvalue weighted by Crippen LogP contribution is -2.21. The smallest absolute Gasteiger partial charge is 0.00389 e. The second kappa shape index (κ2) is 5.09. The lowest BCUT2D eigenvalue weighted by Gasteiger charge is -2.30. The monoisotopic (exact) mass is 200 g/mol. The van der Waals surface area contributed by atoms with Crippen molar-refractivity contribution < 1.29 is 0 Å². The number of rotatable bonds is 4. The van der Waals surface area contributed by atoms with Gasteiger partial charge in [0.05, 0.1) is 0 Å².